The van der Waals surface area contributed by atoms with E-state index in [0.29, 0.717) is 17.9 Å². The lowest BCUT2D eigenvalue weighted by molar-refractivity contribution is -0.121. The molecule has 0 bridgehead atoms. The Morgan fingerprint density at radius 2 is 1.84 bits per heavy atom. The Hall–Kier alpha value is -2.86. The van der Waals surface area contributed by atoms with Crippen molar-refractivity contribution < 1.29 is 14.3 Å². The molecular weight excluding hydrogens is 390 g/mol. The maximum atomic E-state index is 12.9. The second-order valence-corrected chi connectivity index (χ2v) is 8.29. The van der Waals surface area contributed by atoms with Crippen LogP contribution in [0.2, 0.25) is 0 Å². The van der Waals surface area contributed by atoms with E-state index in [1.807, 2.05) is 45.0 Å². The third-order valence-corrected chi connectivity index (χ3v) is 5.42. The van der Waals surface area contributed by atoms with Gasteiger partial charge in [-0.3, -0.25) is 14.5 Å². The highest BCUT2D eigenvalue weighted by molar-refractivity contribution is 6.04. The van der Waals surface area contributed by atoms with Crippen LogP contribution in [-0.4, -0.2) is 42.5 Å². The maximum absolute atomic E-state index is 12.9. The largest absolute Gasteiger partial charge is 0.494 e. The second-order valence-electron chi connectivity index (χ2n) is 8.29. The summed E-state index contributed by atoms with van der Waals surface area (Å²) in [6.07, 6.45) is 1.61. The highest BCUT2D eigenvalue weighted by Gasteiger charge is 2.26. The molecule has 6 nitrogen and oxygen atoms in total. The van der Waals surface area contributed by atoms with Gasteiger partial charge in [-0.2, -0.15) is 0 Å². The Morgan fingerprint density at radius 1 is 1.10 bits per heavy atom. The average molecular weight is 424 g/mol. The van der Waals surface area contributed by atoms with Crippen molar-refractivity contribution in [3.8, 4) is 5.75 Å². The third kappa shape index (κ3) is 6.56. The molecule has 31 heavy (non-hydrogen) atoms. The molecule has 1 aliphatic heterocycles. The van der Waals surface area contributed by atoms with Gasteiger partial charge in [0.1, 0.15) is 5.75 Å². The molecule has 0 atom stereocenters. The van der Waals surface area contributed by atoms with E-state index < -0.39 is 0 Å². The molecule has 2 N–H and O–H groups in total. The molecule has 2 aromatic carbocycles. The van der Waals surface area contributed by atoms with Crippen molar-refractivity contribution >= 4 is 17.5 Å². The quantitative estimate of drug-likeness (QED) is 0.671. The molecule has 0 saturated carbocycles. The van der Waals surface area contributed by atoms with E-state index >= 15 is 0 Å². The summed E-state index contributed by atoms with van der Waals surface area (Å²) in [5.74, 6) is 0.666. The summed E-state index contributed by atoms with van der Waals surface area (Å²) < 4.78 is 5.59. The van der Waals surface area contributed by atoms with E-state index in [-0.39, 0.29) is 23.8 Å². The summed E-state index contributed by atoms with van der Waals surface area (Å²) >= 11 is 0. The molecule has 2 aromatic rings. The van der Waals surface area contributed by atoms with Crippen molar-refractivity contribution in [1.82, 2.24) is 10.2 Å². The molecule has 166 valence electrons. The van der Waals surface area contributed by atoms with Crippen molar-refractivity contribution in [2.75, 3.05) is 25.0 Å². The summed E-state index contributed by atoms with van der Waals surface area (Å²) in [4.78, 5) is 27.7. The minimum absolute atomic E-state index is 0.0113. The number of piperidine rings is 1. The summed E-state index contributed by atoms with van der Waals surface area (Å²) in [5.41, 5.74) is 2.29. The van der Waals surface area contributed by atoms with E-state index in [1.54, 1.807) is 12.1 Å². The Balaban J connectivity index is 1.54. The van der Waals surface area contributed by atoms with Crippen LogP contribution in [0.1, 0.15) is 49.5 Å². The van der Waals surface area contributed by atoms with Gasteiger partial charge >= 0.3 is 0 Å². The monoisotopic (exact) mass is 423 g/mol. The van der Waals surface area contributed by atoms with Crippen molar-refractivity contribution in [3.05, 3.63) is 59.7 Å². The van der Waals surface area contributed by atoms with Gasteiger partial charge < -0.3 is 15.4 Å². The lowest BCUT2D eigenvalue weighted by atomic mass is 9.95. The van der Waals surface area contributed by atoms with Crippen molar-refractivity contribution in [1.29, 1.82) is 0 Å². The van der Waals surface area contributed by atoms with Crippen LogP contribution in [-0.2, 0) is 11.3 Å². The second kappa shape index (κ2) is 11.0. The summed E-state index contributed by atoms with van der Waals surface area (Å²) in [6.45, 7) is 9.07. The average Bonchev–Trinajstić information content (AvgIpc) is 2.74. The number of benzene rings is 2. The number of para-hydroxylation sites is 1. The van der Waals surface area contributed by atoms with Crippen LogP contribution in [0, 0.1) is 5.92 Å². The zero-order valence-electron chi connectivity index (χ0n) is 18.7. The van der Waals surface area contributed by atoms with E-state index in [1.165, 1.54) is 5.56 Å². The lowest BCUT2D eigenvalue weighted by Gasteiger charge is -2.31. The number of carbonyl (C=O) groups is 2. The summed E-state index contributed by atoms with van der Waals surface area (Å²) in [6, 6.07) is 15.4. The van der Waals surface area contributed by atoms with Crippen LogP contribution in [0.5, 0.6) is 5.75 Å². The van der Waals surface area contributed by atoms with E-state index in [0.717, 1.165) is 38.2 Å². The van der Waals surface area contributed by atoms with Gasteiger partial charge in [0.25, 0.3) is 5.91 Å². The van der Waals surface area contributed by atoms with Gasteiger partial charge in [-0.15, -0.1) is 0 Å². The van der Waals surface area contributed by atoms with Crippen LogP contribution < -0.4 is 15.4 Å². The SMILES string of the molecule is CCOc1cccc(CN2CCC(C(=O)Nc3ccccc3C(=O)NC(C)C)CC2)c1. The van der Waals surface area contributed by atoms with E-state index in [9.17, 15) is 9.59 Å². The highest BCUT2D eigenvalue weighted by atomic mass is 16.5. The number of rotatable bonds is 8. The molecule has 0 aromatic heterocycles. The number of likely N-dealkylation sites (tertiary alicyclic amines) is 1. The zero-order valence-corrected chi connectivity index (χ0v) is 18.7. The normalized spacial score (nSPS) is 15.0. The molecule has 0 aliphatic carbocycles. The Morgan fingerprint density at radius 3 is 2.55 bits per heavy atom. The Bertz CT molecular complexity index is 889. The fourth-order valence-corrected chi connectivity index (χ4v) is 3.88. The predicted molar refractivity (Wildman–Crippen MR) is 123 cm³/mol. The topological polar surface area (TPSA) is 70.7 Å². The number of hydrogen-bond donors (Lipinski definition) is 2. The molecule has 0 spiro atoms. The Labute approximate surface area is 185 Å². The number of hydrogen-bond acceptors (Lipinski definition) is 4. The fourth-order valence-electron chi connectivity index (χ4n) is 3.88. The zero-order chi connectivity index (χ0) is 22.2. The molecule has 1 saturated heterocycles. The molecule has 1 fully saturated rings. The van der Waals surface area contributed by atoms with Crippen molar-refractivity contribution in [3.63, 3.8) is 0 Å². The minimum Gasteiger partial charge on any atom is -0.494 e. The summed E-state index contributed by atoms with van der Waals surface area (Å²) in [7, 11) is 0. The summed E-state index contributed by atoms with van der Waals surface area (Å²) in [5, 5.41) is 5.87. The minimum atomic E-state index is -0.171. The number of anilines is 1. The molecule has 6 heteroatoms. The molecule has 0 unspecified atom stereocenters. The first kappa shape index (κ1) is 22.8. The molecular formula is C25H33N3O3. The number of carbonyl (C=O) groups excluding carboxylic acids is 2. The molecule has 1 heterocycles. The molecule has 0 radical (unpaired) electrons. The molecule has 3 rings (SSSR count). The van der Waals surface area contributed by atoms with Crippen LogP contribution in [0.3, 0.4) is 0 Å². The number of ether oxygens (including phenoxy) is 1. The fraction of sp³-hybridized carbons (Fsp3) is 0.440. The number of amides is 2. The van der Waals surface area contributed by atoms with Crippen LogP contribution in [0.25, 0.3) is 0 Å². The van der Waals surface area contributed by atoms with Crippen molar-refractivity contribution in [2.24, 2.45) is 5.92 Å². The number of nitrogens with one attached hydrogen (secondary N) is 2. The smallest absolute Gasteiger partial charge is 0.253 e. The van der Waals surface area contributed by atoms with Gasteiger partial charge in [0.05, 0.1) is 17.9 Å². The lowest BCUT2D eigenvalue weighted by Crippen LogP contribution is -2.38. The standard InChI is InChI=1S/C25H33N3O3/c1-4-31-21-9-7-8-19(16-21)17-28-14-12-20(13-15-28)24(29)27-23-11-6-5-10-22(23)25(30)26-18(2)3/h5-11,16,18,20H,4,12-15,17H2,1-3H3,(H,26,30)(H,27,29). The van der Waals surface area contributed by atoms with E-state index in [2.05, 4.69) is 27.7 Å². The van der Waals surface area contributed by atoms with Gasteiger partial charge in [-0.1, -0.05) is 24.3 Å². The maximum Gasteiger partial charge on any atom is 0.253 e. The first-order valence-electron chi connectivity index (χ1n) is 11.1. The van der Waals surface area contributed by atoms with Crippen molar-refractivity contribution in [2.45, 2.75) is 46.2 Å². The van der Waals surface area contributed by atoms with Crippen LogP contribution in [0.15, 0.2) is 48.5 Å². The number of nitrogens with zero attached hydrogens (tertiary/aromatic N) is 1. The highest BCUT2D eigenvalue weighted by Crippen LogP contribution is 2.23. The first-order chi connectivity index (χ1) is 15.0. The van der Waals surface area contributed by atoms with E-state index in [4.69, 9.17) is 4.74 Å². The third-order valence-electron chi connectivity index (χ3n) is 5.42. The molecule has 1 aliphatic rings. The van der Waals surface area contributed by atoms with Crippen LogP contribution >= 0.6 is 0 Å². The van der Waals surface area contributed by atoms with Gasteiger partial charge in [-0.25, -0.2) is 0 Å². The van der Waals surface area contributed by atoms with Gasteiger partial charge in [0.2, 0.25) is 5.91 Å². The van der Waals surface area contributed by atoms with Gasteiger partial charge in [0.15, 0.2) is 0 Å². The Kier molecular flexibility index (Phi) is 8.06. The predicted octanol–water partition coefficient (Wildman–Crippen LogP) is 4.07. The van der Waals surface area contributed by atoms with Crippen LogP contribution in [0.4, 0.5) is 5.69 Å². The first-order valence-corrected chi connectivity index (χ1v) is 11.1. The van der Waals surface area contributed by atoms with Gasteiger partial charge in [0, 0.05) is 18.5 Å². The van der Waals surface area contributed by atoms with Gasteiger partial charge in [-0.05, 0) is 76.5 Å². The molecule has 2 amide bonds.